The minimum atomic E-state index is -0.130. The van der Waals surface area contributed by atoms with Gasteiger partial charge in [-0.1, -0.05) is 6.92 Å². The Morgan fingerprint density at radius 1 is 1.31 bits per heavy atom. The molecule has 0 aliphatic rings. The summed E-state index contributed by atoms with van der Waals surface area (Å²) in [5.41, 5.74) is 0.909. The molecule has 0 bridgehead atoms. The summed E-state index contributed by atoms with van der Waals surface area (Å²) in [6, 6.07) is 5.43. The van der Waals surface area contributed by atoms with Crippen LogP contribution >= 0.6 is 0 Å². The molecule has 1 aromatic carbocycles. The van der Waals surface area contributed by atoms with Crippen molar-refractivity contribution in [3.63, 3.8) is 0 Å². The van der Waals surface area contributed by atoms with E-state index in [0.29, 0.717) is 0 Å². The zero-order chi connectivity index (χ0) is 12.0. The van der Waals surface area contributed by atoms with Crippen molar-refractivity contribution < 1.29 is 14.6 Å². The van der Waals surface area contributed by atoms with E-state index in [1.807, 2.05) is 25.1 Å². The number of ether oxygens (including phenoxy) is 2. The molecule has 0 saturated heterocycles. The Morgan fingerprint density at radius 2 is 2.06 bits per heavy atom. The van der Waals surface area contributed by atoms with E-state index in [-0.39, 0.29) is 12.6 Å². The van der Waals surface area contributed by atoms with Crippen LogP contribution in [0.25, 0.3) is 0 Å². The lowest BCUT2D eigenvalue weighted by Crippen LogP contribution is -2.24. The zero-order valence-electron chi connectivity index (χ0n) is 9.99. The standard InChI is InChI=1S/C12H19NO3/c1-4-13-11(8-14)10-7-9(15-2)5-6-12(10)16-3/h5-7,11,13-14H,4,8H2,1-3H3. The van der Waals surface area contributed by atoms with Crippen LogP contribution in [0.1, 0.15) is 18.5 Å². The predicted octanol–water partition coefficient (Wildman–Crippen LogP) is 1.35. The van der Waals surface area contributed by atoms with Crippen LogP contribution in [0.5, 0.6) is 11.5 Å². The molecule has 0 heterocycles. The number of aliphatic hydroxyl groups is 1. The van der Waals surface area contributed by atoms with E-state index in [2.05, 4.69) is 5.32 Å². The number of methoxy groups -OCH3 is 2. The van der Waals surface area contributed by atoms with Crippen molar-refractivity contribution in [3.8, 4) is 11.5 Å². The highest BCUT2D eigenvalue weighted by Gasteiger charge is 2.15. The first-order chi connectivity index (χ1) is 7.76. The Bertz CT molecular complexity index is 328. The first-order valence-corrected chi connectivity index (χ1v) is 5.33. The third-order valence-electron chi connectivity index (χ3n) is 2.45. The van der Waals surface area contributed by atoms with E-state index in [9.17, 15) is 5.11 Å². The molecule has 0 amide bonds. The van der Waals surface area contributed by atoms with E-state index in [1.165, 1.54) is 0 Å². The van der Waals surface area contributed by atoms with Crippen LogP contribution in [0.2, 0.25) is 0 Å². The molecule has 0 fully saturated rings. The van der Waals surface area contributed by atoms with Gasteiger partial charge in [0.25, 0.3) is 0 Å². The van der Waals surface area contributed by atoms with Crippen molar-refractivity contribution in [2.75, 3.05) is 27.4 Å². The molecule has 0 radical (unpaired) electrons. The Kier molecular flexibility index (Phi) is 5.08. The summed E-state index contributed by atoms with van der Waals surface area (Å²) >= 11 is 0. The van der Waals surface area contributed by atoms with Crippen molar-refractivity contribution in [2.24, 2.45) is 0 Å². The maximum atomic E-state index is 9.34. The molecule has 0 aliphatic heterocycles. The topological polar surface area (TPSA) is 50.7 Å². The van der Waals surface area contributed by atoms with Crippen molar-refractivity contribution in [2.45, 2.75) is 13.0 Å². The molecule has 2 N–H and O–H groups in total. The second kappa shape index (κ2) is 6.35. The maximum Gasteiger partial charge on any atom is 0.123 e. The normalized spacial score (nSPS) is 12.2. The van der Waals surface area contributed by atoms with Crippen LogP contribution in [0.15, 0.2) is 18.2 Å². The largest absolute Gasteiger partial charge is 0.497 e. The van der Waals surface area contributed by atoms with Gasteiger partial charge in [-0.05, 0) is 24.7 Å². The molecule has 0 aliphatic carbocycles. The number of benzene rings is 1. The summed E-state index contributed by atoms with van der Waals surface area (Å²) in [5, 5.41) is 12.5. The molecular weight excluding hydrogens is 206 g/mol. The van der Waals surface area contributed by atoms with Crippen LogP contribution in [0, 0.1) is 0 Å². The van der Waals surface area contributed by atoms with Gasteiger partial charge in [0.2, 0.25) is 0 Å². The summed E-state index contributed by atoms with van der Waals surface area (Å²) in [4.78, 5) is 0. The van der Waals surface area contributed by atoms with Crippen LogP contribution in [-0.2, 0) is 0 Å². The summed E-state index contributed by atoms with van der Waals surface area (Å²) in [5.74, 6) is 1.51. The van der Waals surface area contributed by atoms with E-state index in [4.69, 9.17) is 9.47 Å². The van der Waals surface area contributed by atoms with Gasteiger partial charge in [-0.15, -0.1) is 0 Å². The highest BCUT2D eigenvalue weighted by atomic mass is 16.5. The monoisotopic (exact) mass is 225 g/mol. The number of hydrogen-bond acceptors (Lipinski definition) is 4. The quantitative estimate of drug-likeness (QED) is 0.767. The Morgan fingerprint density at radius 3 is 2.56 bits per heavy atom. The molecule has 4 heteroatoms. The summed E-state index contributed by atoms with van der Waals surface area (Å²) < 4.78 is 10.4. The highest BCUT2D eigenvalue weighted by Crippen LogP contribution is 2.29. The third-order valence-corrected chi connectivity index (χ3v) is 2.45. The Hall–Kier alpha value is -1.26. The number of nitrogens with one attached hydrogen (secondary N) is 1. The van der Waals surface area contributed by atoms with Crippen LogP contribution < -0.4 is 14.8 Å². The lowest BCUT2D eigenvalue weighted by Gasteiger charge is -2.19. The minimum Gasteiger partial charge on any atom is -0.497 e. The van der Waals surface area contributed by atoms with E-state index in [0.717, 1.165) is 23.6 Å². The van der Waals surface area contributed by atoms with Gasteiger partial charge in [-0.25, -0.2) is 0 Å². The SMILES string of the molecule is CCNC(CO)c1cc(OC)ccc1OC. The minimum absolute atomic E-state index is 0.0252. The van der Waals surface area contributed by atoms with Gasteiger partial charge < -0.3 is 19.9 Å². The maximum absolute atomic E-state index is 9.34. The van der Waals surface area contributed by atoms with Gasteiger partial charge in [0.05, 0.1) is 26.9 Å². The summed E-state index contributed by atoms with van der Waals surface area (Å²) in [6.07, 6.45) is 0. The van der Waals surface area contributed by atoms with Crippen molar-refractivity contribution in [1.82, 2.24) is 5.32 Å². The van der Waals surface area contributed by atoms with Crippen molar-refractivity contribution >= 4 is 0 Å². The van der Waals surface area contributed by atoms with Gasteiger partial charge in [-0.3, -0.25) is 0 Å². The average Bonchev–Trinajstić information content (AvgIpc) is 2.35. The molecule has 4 nitrogen and oxygen atoms in total. The Balaban J connectivity index is 3.05. The van der Waals surface area contributed by atoms with Gasteiger partial charge in [-0.2, -0.15) is 0 Å². The first kappa shape index (κ1) is 12.8. The van der Waals surface area contributed by atoms with Gasteiger partial charge in [0, 0.05) is 5.56 Å². The fraction of sp³-hybridized carbons (Fsp3) is 0.500. The number of hydrogen-bond donors (Lipinski definition) is 2. The Labute approximate surface area is 96.2 Å². The molecule has 1 unspecified atom stereocenters. The van der Waals surface area contributed by atoms with Crippen LogP contribution in [0.3, 0.4) is 0 Å². The predicted molar refractivity (Wildman–Crippen MR) is 63.0 cm³/mol. The lowest BCUT2D eigenvalue weighted by molar-refractivity contribution is 0.242. The van der Waals surface area contributed by atoms with Crippen molar-refractivity contribution in [1.29, 1.82) is 0 Å². The second-order valence-corrected chi connectivity index (χ2v) is 3.40. The molecule has 16 heavy (non-hydrogen) atoms. The molecule has 0 saturated carbocycles. The molecule has 1 aromatic rings. The van der Waals surface area contributed by atoms with Gasteiger partial charge in [0.1, 0.15) is 11.5 Å². The zero-order valence-corrected chi connectivity index (χ0v) is 9.99. The van der Waals surface area contributed by atoms with Crippen molar-refractivity contribution in [3.05, 3.63) is 23.8 Å². The third kappa shape index (κ3) is 2.87. The molecule has 0 spiro atoms. The number of likely N-dealkylation sites (N-methyl/N-ethyl adjacent to an activating group) is 1. The molecule has 0 aromatic heterocycles. The second-order valence-electron chi connectivity index (χ2n) is 3.40. The van der Waals surface area contributed by atoms with Gasteiger partial charge >= 0.3 is 0 Å². The molecule has 1 atom stereocenters. The smallest absolute Gasteiger partial charge is 0.123 e. The number of rotatable bonds is 6. The first-order valence-electron chi connectivity index (χ1n) is 5.33. The molecular formula is C12H19NO3. The number of aliphatic hydroxyl groups excluding tert-OH is 1. The molecule has 90 valence electrons. The van der Waals surface area contributed by atoms with Crippen LogP contribution in [-0.4, -0.2) is 32.5 Å². The lowest BCUT2D eigenvalue weighted by atomic mass is 10.1. The average molecular weight is 225 g/mol. The molecule has 1 rings (SSSR count). The van der Waals surface area contributed by atoms with E-state index >= 15 is 0 Å². The van der Waals surface area contributed by atoms with Gasteiger partial charge in [0.15, 0.2) is 0 Å². The summed E-state index contributed by atoms with van der Waals surface area (Å²) in [7, 11) is 3.23. The summed E-state index contributed by atoms with van der Waals surface area (Å²) in [6.45, 7) is 2.80. The highest BCUT2D eigenvalue weighted by molar-refractivity contribution is 5.42. The van der Waals surface area contributed by atoms with Crippen LogP contribution in [0.4, 0.5) is 0 Å². The van der Waals surface area contributed by atoms with E-state index < -0.39 is 0 Å². The van der Waals surface area contributed by atoms with E-state index in [1.54, 1.807) is 14.2 Å². The fourth-order valence-corrected chi connectivity index (χ4v) is 1.63. The fourth-order valence-electron chi connectivity index (χ4n) is 1.63.